The standard InChI is InChI=1S/C14H21NO3/c1-3-15-12(10-16-2)11-5-6-13-14(9-11)18-8-4-7-17-13/h5-6,9,12,15H,3-4,7-8,10H2,1-2H3. The number of ether oxygens (including phenoxy) is 3. The van der Waals surface area contributed by atoms with Crippen molar-refractivity contribution in [2.45, 2.75) is 19.4 Å². The van der Waals surface area contributed by atoms with Crippen LogP contribution < -0.4 is 14.8 Å². The minimum atomic E-state index is 0.192. The number of benzene rings is 1. The zero-order valence-corrected chi connectivity index (χ0v) is 11.1. The lowest BCUT2D eigenvalue weighted by Crippen LogP contribution is -2.24. The van der Waals surface area contributed by atoms with Crippen LogP contribution >= 0.6 is 0 Å². The summed E-state index contributed by atoms with van der Waals surface area (Å²) >= 11 is 0. The Morgan fingerprint density at radius 2 is 2.06 bits per heavy atom. The van der Waals surface area contributed by atoms with Crippen LogP contribution in [0.3, 0.4) is 0 Å². The summed E-state index contributed by atoms with van der Waals surface area (Å²) in [6.45, 7) is 5.08. The molecule has 1 aromatic rings. The number of nitrogens with one attached hydrogen (secondary N) is 1. The number of methoxy groups -OCH3 is 1. The predicted octanol–water partition coefficient (Wildman–Crippen LogP) is 2.14. The van der Waals surface area contributed by atoms with Crippen molar-refractivity contribution in [3.05, 3.63) is 23.8 Å². The molecule has 1 aliphatic rings. The molecule has 18 heavy (non-hydrogen) atoms. The molecule has 1 aromatic carbocycles. The monoisotopic (exact) mass is 251 g/mol. The van der Waals surface area contributed by atoms with Gasteiger partial charge in [-0.05, 0) is 24.2 Å². The summed E-state index contributed by atoms with van der Waals surface area (Å²) in [5, 5.41) is 3.40. The number of hydrogen-bond donors (Lipinski definition) is 1. The van der Waals surface area contributed by atoms with Crippen LogP contribution in [0.1, 0.15) is 24.9 Å². The molecule has 2 rings (SSSR count). The number of likely N-dealkylation sites (N-methyl/N-ethyl adjacent to an activating group) is 1. The first kappa shape index (κ1) is 13.2. The van der Waals surface area contributed by atoms with Crippen molar-refractivity contribution >= 4 is 0 Å². The molecule has 100 valence electrons. The third-order valence-corrected chi connectivity index (χ3v) is 2.96. The quantitative estimate of drug-likeness (QED) is 0.870. The van der Waals surface area contributed by atoms with Gasteiger partial charge in [0.25, 0.3) is 0 Å². The lowest BCUT2D eigenvalue weighted by atomic mass is 10.1. The summed E-state index contributed by atoms with van der Waals surface area (Å²) in [6.07, 6.45) is 0.929. The van der Waals surface area contributed by atoms with E-state index in [1.807, 2.05) is 12.1 Å². The number of hydrogen-bond acceptors (Lipinski definition) is 4. The lowest BCUT2D eigenvalue weighted by Gasteiger charge is -2.18. The molecule has 0 fully saturated rings. The Morgan fingerprint density at radius 1 is 1.28 bits per heavy atom. The van der Waals surface area contributed by atoms with Gasteiger partial charge >= 0.3 is 0 Å². The highest BCUT2D eigenvalue weighted by molar-refractivity contribution is 5.44. The van der Waals surface area contributed by atoms with E-state index in [4.69, 9.17) is 14.2 Å². The van der Waals surface area contributed by atoms with Crippen molar-refractivity contribution in [1.82, 2.24) is 5.32 Å². The van der Waals surface area contributed by atoms with E-state index >= 15 is 0 Å². The predicted molar refractivity (Wildman–Crippen MR) is 70.3 cm³/mol. The highest BCUT2D eigenvalue weighted by Crippen LogP contribution is 2.32. The first-order valence-electron chi connectivity index (χ1n) is 6.47. The smallest absolute Gasteiger partial charge is 0.161 e. The van der Waals surface area contributed by atoms with Crippen LogP contribution in [0.25, 0.3) is 0 Å². The van der Waals surface area contributed by atoms with Gasteiger partial charge in [0.1, 0.15) is 0 Å². The van der Waals surface area contributed by atoms with Crippen LogP contribution in [0.5, 0.6) is 11.5 Å². The molecule has 0 saturated heterocycles. The van der Waals surface area contributed by atoms with E-state index in [0.29, 0.717) is 13.2 Å². The second-order valence-electron chi connectivity index (χ2n) is 4.32. The van der Waals surface area contributed by atoms with Gasteiger partial charge in [0.2, 0.25) is 0 Å². The average Bonchev–Trinajstić information content (AvgIpc) is 2.62. The van der Waals surface area contributed by atoms with Crippen molar-refractivity contribution < 1.29 is 14.2 Å². The summed E-state index contributed by atoms with van der Waals surface area (Å²) < 4.78 is 16.6. The Hall–Kier alpha value is -1.26. The van der Waals surface area contributed by atoms with E-state index in [9.17, 15) is 0 Å². The second kappa shape index (κ2) is 6.61. The molecule has 0 saturated carbocycles. The Morgan fingerprint density at radius 3 is 2.78 bits per heavy atom. The minimum Gasteiger partial charge on any atom is -0.490 e. The average molecular weight is 251 g/mol. The third kappa shape index (κ3) is 3.15. The van der Waals surface area contributed by atoms with Gasteiger partial charge in [-0.1, -0.05) is 13.0 Å². The molecule has 0 bridgehead atoms. The first-order chi connectivity index (χ1) is 8.85. The van der Waals surface area contributed by atoms with E-state index in [1.54, 1.807) is 7.11 Å². The molecule has 1 heterocycles. The molecule has 1 N–H and O–H groups in total. The normalized spacial score (nSPS) is 16.1. The molecule has 0 amide bonds. The molecule has 0 aliphatic carbocycles. The van der Waals surface area contributed by atoms with Gasteiger partial charge < -0.3 is 19.5 Å². The van der Waals surface area contributed by atoms with Crippen molar-refractivity contribution in [2.24, 2.45) is 0 Å². The fraction of sp³-hybridized carbons (Fsp3) is 0.571. The molecule has 1 atom stereocenters. The Labute approximate surface area is 108 Å². The maximum atomic E-state index is 5.70. The molecule has 4 nitrogen and oxygen atoms in total. The van der Waals surface area contributed by atoms with Gasteiger partial charge in [0, 0.05) is 13.5 Å². The molecule has 1 aliphatic heterocycles. The van der Waals surface area contributed by atoms with Crippen LogP contribution in [0.4, 0.5) is 0 Å². The zero-order valence-electron chi connectivity index (χ0n) is 11.1. The highest BCUT2D eigenvalue weighted by Gasteiger charge is 2.15. The molecule has 0 radical (unpaired) electrons. The van der Waals surface area contributed by atoms with E-state index in [2.05, 4.69) is 18.3 Å². The molecule has 0 aromatic heterocycles. The van der Waals surface area contributed by atoms with Gasteiger partial charge in [0.05, 0.1) is 25.9 Å². The van der Waals surface area contributed by atoms with Gasteiger partial charge in [-0.2, -0.15) is 0 Å². The molecule has 1 unspecified atom stereocenters. The number of fused-ring (bicyclic) bond motifs is 1. The summed E-state index contributed by atoms with van der Waals surface area (Å²) in [4.78, 5) is 0. The fourth-order valence-corrected chi connectivity index (χ4v) is 2.08. The van der Waals surface area contributed by atoms with E-state index < -0.39 is 0 Å². The first-order valence-corrected chi connectivity index (χ1v) is 6.47. The topological polar surface area (TPSA) is 39.7 Å². The molecule has 4 heteroatoms. The van der Waals surface area contributed by atoms with Crippen molar-refractivity contribution in [3.63, 3.8) is 0 Å². The summed E-state index contributed by atoms with van der Waals surface area (Å²) in [5.41, 5.74) is 1.17. The van der Waals surface area contributed by atoms with Crippen molar-refractivity contribution in [3.8, 4) is 11.5 Å². The van der Waals surface area contributed by atoms with Crippen molar-refractivity contribution in [1.29, 1.82) is 0 Å². The van der Waals surface area contributed by atoms with Crippen LogP contribution in [0.15, 0.2) is 18.2 Å². The van der Waals surface area contributed by atoms with E-state index in [0.717, 1.165) is 31.1 Å². The third-order valence-electron chi connectivity index (χ3n) is 2.96. The van der Waals surface area contributed by atoms with Gasteiger partial charge in [-0.3, -0.25) is 0 Å². The SMILES string of the molecule is CCNC(COC)c1ccc2c(c1)OCCCO2. The summed E-state index contributed by atoms with van der Waals surface area (Å²) in [6, 6.07) is 6.29. The Balaban J connectivity index is 2.19. The Kier molecular flexibility index (Phi) is 4.84. The van der Waals surface area contributed by atoms with E-state index in [-0.39, 0.29) is 6.04 Å². The summed E-state index contributed by atoms with van der Waals surface area (Å²) in [5.74, 6) is 1.67. The minimum absolute atomic E-state index is 0.192. The lowest BCUT2D eigenvalue weighted by molar-refractivity contribution is 0.167. The maximum Gasteiger partial charge on any atom is 0.161 e. The Bertz CT molecular complexity index is 375. The van der Waals surface area contributed by atoms with E-state index in [1.165, 1.54) is 5.56 Å². The number of rotatable bonds is 5. The molecule has 0 spiro atoms. The zero-order chi connectivity index (χ0) is 12.8. The van der Waals surface area contributed by atoms with Crippen LogP contribution in [0.2, 0.25) is 0 Å². The van der Waals surface area contributed by atoms with Crippen LogP contribution in [-0.2, 0) is 4.74 Å². The fourth-order valence-electron chi connectivity index (χ4n) is 2.08. The largest absolute Gasteiger partial charge is 0.490 e. The van der Waals surface area contributed by atoms with Gasteiger partial charge in [-0.15, -0.1) is 0 Å². The molecular formula is C14H21NO3. The van der Waals surface area contributed by atoms with Gasteiger partial charge in [-0.25, -0.2) is 0 Å². The van der Waals surface area contributed by atoms with Crippen molar-refractivity contribution in [2.75, 3.05) is 33.5 Å². The van der Waals surface area contributed by atoms with Crippen LogP contribution in [-0.4, -0.2) is 33.5 Å². The second-order valence-corrected chi connectivity index (χ2v) is 4.32. The highest BCUT2D eigenvalue weighted by atomic mass is 16.5. The maximum absolute atomic E-state index is 5.70. The van der Waals surface area contributed by atoms with Crippen LogP contribution in [0, 0.1) is 0 Å². The summed E-state index contributed by atoms with van der Waals surface area (Å²) in [7, 11) is 1.72. The van der Waals surface area contributed by atoms with Gasteiger partial charge in [0.15, 0.2) is 11.5 Å². The molecular weight excluding hydrogens is 230 g/mol.